The highest BCUT2D eigenvalue weighted by Gasteiger charge is 2.30. The van der Waals surface area contributed by atoms with Crippen LogP contribution in [-0.4, -0.2) is 12.2 Å². The summed E-state index contributed by atoms with van der Waals surface area (Å²) in [5.74, 6) is -2.92. The van der Waals surface area contributed by atoms with E-state index in [1.54, 1.807) is 6.07 Å². The van der Waals surface area contributed by atoms with Gasteiger partial charge in [-0.05, 0) is 13.0 Å². The molecule has 15 heavy (non-hydrogen) atoms. The molecule has 0 aromatic heterocycles. The Morgan fingerprint density at radius 1 is 1.40 bits per heavy atom. The van der Waals surface area contributed by atoms with Crippen molar-refractivity contribution in [3.63, 3.8) is 0 Å². The van der Waals surface area contributed by atoms with Crippen molar-refractivity contribution in [1.29, 1.82) is 0 Å². The van der Waals surface area contributed by atoms with Gasteiger partial charge in [0.25, 0.3) is 5.92 Å². The van der Waals surface area contributed by atoms with Gasteiger partial charge in [-0.25, -0.2) is 8.78 Å². The summed E-state index contributed by atoms with van der Waals surface area (Å²) in [5.41, 5.74) is 0.167. The third-order valence-electron chi connectivity index (χ3n) is 2.17. The van der Waals surface area contributed by atoms with E-state index in [1.807, 2.05) is 0 Å². The van der Waals surface area contributed by atoms with Gasteiger partial charge < -0.3 is 9.84 Å². The Hall–Kier alpha value is -1.16. The van der Waals surface area contributed by atoms with Crippen LogP contribution in [-0.2, 0) is 5.92 Å². The van der Waals surface area contributed by atoms with Gasteiger partial charge in [-0.3, -0.25) is 0 Å². The summed E-state index contributed by atoms with van der Waals surface area (Å²) in [7, 11) is 1.32. The minimum atomic E-state index is -2.98. The molecule has 0 aliphatic carbocycles. The number of alkyl halides is 2. The highest BCUT2D eigenvalue weighted by Crippen LogP contribution is 2.38. The molecule has 1 atom stereocenters. The summed E-state index contributed by atoms with van der Waals surface area (Å²) in [6.45, 7) is 2.31. The first-order chi connectivity index (χ1) is 6.88. The molecular weight excluding hydrogens is 202 g/mol. The molecule has 2 nitrogen and oxygen atoms in total. The van der Waals surface area contributed by atoms with E-state index in [1.165, 1.54) is 26.2 Å². The van der Waals surface area contributed by atoms with Crippen molar-refractivity contribution in [1.82, 2.24) is 0 Å². The average Bonchev–Trinajstić information content (AvgIpc) is 2.15. The smallest absolute Gasteiger partial charge is 0.274 e. The fourth-order valence-electron chi connectivity index (χ4n) is 1.46. The number of para-hydroxylation sites is 1. The standard InChI is InChI=1S/C11H14F2O2/c1-7(14)8-5-4-6-9(10(8)15-3)11(2,12)13/h4-7,14H,1-3H3. The minimum Gasteiger partial charge on any atom is -0.496 e. The van der Waals surface area contributed by atoms with Crippen LogP contribution < -0.4 is 4.74 Å². The Bertz CT molecular complexity index is 343. The van der Waals surface area contributed by atoms with Crippen molar-refractivity contribution < 1.29 is 18.6 Å². The van der Waals surface area contributed by atoms with Gasteiger partial charge in [0.15, 0.2) is 0 Å². The number of hydrogen-bond acceptors (Lipinski definition) is 2. The van der Waals surface area contributed by atoms with E-state index in [0.29, 0.717) is 5.56 Å². The molecule has 1 N–H and O–H groups in total. The quantitative estimate of drug-likeness (QED) is 0.841. The van der Waals surface area contributed by atoms with E-state index in [-0.39, 0.29) is 11.3 Å². The molecule has 0 aliphatic heterocycles. The lowest BCUT2D eigenvalue weighted by Gasteiger charge is -2.18. The third-order valence-corrected chi connectivity index (χ3v) is 2.17. The molecule has 0 bridgehead atoms. The summed E-state index contributed by atoms with van der Waals surface area (Å²) in [6, 6.07) is 4.35. The highest BCUT2D eigenvalue weighted by atomic mass is 19.3. The van der Waals surface area contributed by atoms with Gasteiger partial charge in [-0.15, -0.1) is 0 Å². The van der Waals surface area contributed by atoms with Crippen LogP contribution >= 0.6 is 0 Å². The van der Waals surface area contributed by atoms with Crippen LogP contribution in [0.2, 0.25) is 0 Å². The summed E-state index contributed by atoms with van der Waals surface area (Å²) < 4.78 is 31.3. The topological polar surface area (TPSA) is 29.5 Å². The fourth-order valence-corrected chi connectivity index (χ4v) is 1.46. The number of methoxy groups -OCH3 is 1. The predicted molar refractivity (Wildman–Crippen MR) is 53.2 cm³/mol. The number of ether oxygens (including phenoxy) is 1. The van der Waals surface area contributed by atoms with Gasteiger partial charge in [0, 0.05) is 12.5 Å². The molecule has 0 saturated carbocycles. The van der Waals surface area contributed by atoms with Crippen LogP contribution in [0.25, 0.3) is 0 Å². The first kappa shape index (κ1) is 11.9. The normalized spacial score (nSPS) is 13.7. The Morgan fingerprint density at radius 2 is 2.00 bits per heavy atom. The van der Waals surface area contributed by atoms with Gasteiger partial charge >= 0.3 is 0 Å². The number of halogens is 2. The maximum Gasteiger partial charge on any atom is 0.274 e. The molecule has 4 heteroatoms. The van der Waals surface area contributed by atoms with E-state index in [4.69, 9.17) is 4.74 Å². The number of benzene rings is 1. The van der Waals surface area contributed by atoms with Crippen molar-refractivity contribution in [2.45, 2.75) is 25.9 Å². The fraction of sp³-hybridized carbons (Fsp3) is 0.455. The maximum absolute atomic E-state index is 13.2. The molecular formula is C11H14F2O2. The summed E-state index contributed by atoms with van der Waals surface area (Å²) >= 11 is 0. The highest BCUT2D eigenvalue weighted by molar-refractivity contribution is 5.44. The number of aliphatic hydroxyl groups excluding tert-OH is 1. The molecule has 0 amide bonds. The average molecular weight is 216 g/mol. The summed E-state index contributed by atoms with van der Waals surface area (Å²) in [6.07, 6.45) is -0.831. The molecule has 0 heterocycles. The molecule has 1 unspecified atom stereocenters. The monoisotopic (exact) mass is 216 g/mol. The lowest BCUT2D eigenvalue weighted by molar-refractivity contribution is 0.0147. The first-order valence-corrected chi connectivity index (χ1v) is 4.61. The predicted octanol–water partition coefficient (Wildman–Crippen LogP) is 2.86. The van der Waals surface area contributed by atoms with Crippen molar-refractivity contribution >= 4 is 0 Å². The molecule has 0 spiro atoms. The van der Waals surface area contributed by atoms with Crippen molar-refractivity contribution in [3.8, 4) is 5.75 Å². The van der Waals surface area contributed by atoms with E-state index >= 15 is 0 Å². The lowest BCUT2D eigenvalue weighted by Crippen LogP contribution is -2.11. The van der Waals surface area contributed by atoms with Gasteiger partial charge in [-0.1, -0.05) is 12.1 Å². The first-order valence-electron chi connectivity index (χ1n) is 4.61. The van der Waals surface area contributed by atoms with E-state index in [9.17, 15) is 13.9 Å². The van der Waals surface area contributed by atoms with Crippen molar-refractivity contribution in [2.75, 3.05) is 7.11 Å². The van der Waals surface area contributed by atoms with Crippen molar-refractivity contribution in [2.24, 2.45) is 0 Å². The van der Waals surface area contributed by atoms with Gasteiger partial charge in [0.2, 0.25) is 0 Å². The van der Waals surface area contributed by atoms with Crippen LogP contribution in [0.4, 0.5) is 8.78 Å². The van der Waals surface area contributed by atoms with Crippen LogP contribution in [0, 0.1) is 0 Å². The molecule has 1 aromatic rings. The second kappa shape index (κ2) is 4.14. The van der Waals surface area contributed by atoms with Crippen LogP contribution in [0.5, 0.6) is 5.75 Å². The Balaban J connectivity index is 3.35. The lowest BCUT2D eigenvalue weighted by atomic mass is 10.0. The maximum atomic E-state index is 13.2. The summed E-state index contributed by atoms with van der Waals surface area (Å²) in [5, 5.41) is 9.40. The van der Waals surface area contributed by atoms with Crippen LogP contribution in [0.3, 0.4) is 0 Å². The van der Waals surface area contributed by atoms with E-state index < -0.39 is 12.0 Å². The third kappa shape index (κ3) is 2.45. The molecule has 1 rings (SSSR count). The molecule has 0 saturated heterocycles. The Morgan fingerprint density at radius 3 is 2.40 bits per heavy atom. The molecule has 0 radical (unpaired) electrons. The second-order valence-corrected chi connectivity index (χ2v) is 3.49. The largest absolute Gasteiger partial charge is 0.496 e. The zero-order valence-electron chi connectivity index (χ0n) is 8.92. The molecule has 1 aromatic carbocycles. The number of aliphatic hydroxyl groups is 1. The molecule has 0 fully saturated rings. The zero-order chi connectivity index (χ0) is 11.6. The Labute approximate surface area is 87.5 Å². The summed E-state index contributed by atoms with van der Waals surface area (Å²) in [4.78, 5) is 0. The zero-order valence-corrected chi connectivity index (χ0v) is 8.92. The molecule has 84 valence electrons. The van der Waals surface area contributed by atoms with Crippen molar-refractivity contribution in [3.05, 3.63) is 29.3 Å². The Kier molecular flexibility index (Phi) is 3.29. The second-order valence-electron chi connectivity index (χ2n) is 3.49. The van der Waals surface area contributed by atoms with Gasteiger partial charge in [-0.2, -0.15) is 0 Å². The molecule has 0 aliphatic rings. The number of hydrogen-bond donors (Lipinski definition) is 1. The SMILES string of the molecule is COc1c(C(C)O)cccc1C(C)(F)F. The number of rotatable bonds is 3. The van der Waals surface area contributed by atoms with Gasteiger partial charge in [0.05, 0.1) is 18.8 Å². The van der Waals surface area contributed by atoms with Gasteiger partial charge in [0.1, 0.15) is 5.75 Å². The van der Waals surface area contributed by atoms with Crippen LogP contribution in [0.15, 0.2) is 18.2 Å². The van der Waals surface area contributed by atoms with E-state index in [0.717, 1.165) is 6.92 Å². The van der Waals surface area contributed by atoms with Crippen LogP contribution in [0.1, 0.15) is 31.1 Å². The minimum absolute atomic E-state index is 0.0556. The van der Waals surface area contributed by atoms with E-state index in [2.05, 4.69) is 0 Å².